The molecule has 4 nitrogen and oxygen atoms in total. The normalized spacial score (nSPS) is 14.2. The summed E-state index contributed by atoms with van der Waals surface area (Å²) in [5.74, 6) is -1.32. The molecule has 0 saturated carbocycles. The fraction of sp³-hybridized carbons (Fsp3) is 0.385. The van der Waals surface area contributed by atoms with Gasteiger partial charge in [0.05, 0.1) is 6.07 Å². The molecule has 0 aliphatic heterocycles. The smallest absolute Gasteiger partial charge is 0.323 e. The molecule has 1 amide bonds. The van der Waals surface area contributed by atoms with Crippen molar-refractivity contribution in [2.45, 2.75) is 25.2 Å². The summed E-state index contributed by atoms with van der Waals surface area (Å²) in [6.07, 6.45) is -4.88. The van der Waals surface area contributed by atoms with Gasteiger partial charge in [-0.2, -0.15) is 18.4 Å². The molecular weight excluding hydrogens is 271 g/mol. The van der Waals surface area contributed by atoms with Crippen LogP contribution in [0.2, 0.25) is 0 Å². The van der Waals surface area contributed by atoms with Crippen LogP contribution in [0.4, 0.5) is 13.2 Å². The second kappa shape index (κ2) is 5.92. The first kappa shape index (κ1) is 16.0. The minimum absolute atomic E-state index is 0.101. The third-order valence-corrected chi connectivity index (χ3v) is 2.80. The van der Waals surface area contributed by atoms with Crippen LogP contribution in [0.25, 0.3) is 0 Å². The minimum atomic E-state index is -4.88. The number of carbonyl (C=O) groups excluding carboxylic acids is 1. The van der Waals surface area contributed by atoms with E-state index in [4.69, 9.17) is 11.0 Å². The number of nitrogens with two attached hydrogens (primary N) is 1. The first-order valence-corrected chi connectivity index (χ1v) is 5.76. The molecule has 0 bridgehead atoms. The summed E-state index contributed by atoms with van der Waals surface area (Å²) in [4.78, 5) is 12.7. The summed E-state index contributed by atoms with van der Waals surface area (Å²) in [6, 6.07) is 10.1. The van der Waals surface area contributed by atoms with Gasteiger partial charge in [0.25, 0.3) is 5.91 Å². The Morgan fingerprint density at radius 3 is 2.35 bits per heavy atom. The second-order valence-corrected chi connectivity index (χ2v) is 4.51. The predicted molar refractivity (Wildman–Crippen MR) is 66.1 cm³/mol. The zero-order valence-corrected chi connectivity index (χ0v) is 10.8. The van der Waals surface area contributed by atoms with Gasteiger partial charge >= 0.3 is 6.18 Å². The van der Waals surface area contributed by atoms with E-state index in [0.717, 1.165) is 4.90 Å². The molecule has 1 aromatic rings. The minimum Gasteiger partial charge on any atom is -0.323 e. The van der Waals surface area contributed by atoms with Crippen molar-refractivity contribution >= 4 is 5.91 Å². The molecule has 1 atom stereocenters. The zero-order chi connectivity index (χ0) is 15.4. The zero-order valence-electron chi connectivity index (χ0n) is 10.8. The Labute approximate surface area is 114 Å². The van der Waals surface area contributed by atoms with Crippen LogP contribution in [0.1, 0.15) is 12.5 Å². The SMILES string of the molecule is CC(N)(C(=O)N(CC#N)Cc1ccccc1)C(F)(F)F. The monoisotopic (exact) mass is 285 g/mol. The molecule has 0 aromatic heterocycles. The highest BCUT2D eigenvalue weighted by molar-refractivity contribution is 5.86. The summed E-state index contributed by atoms with van der Waals surface area (Å²) in [5, 5.41) is 8.67. The van der Waals surface area contributed by atoms with Crippen LogP contribution in [0.5, 0.6) is 0 Å². The van der Waals surface area contributed by atoms with Crippen LogP contribution in [-0.2, 0) is 11.3 Å². The molecule has 1 aromatic carbocycles. The molecule has 0 saturated heterocycles. The molecule has 0 heterocycles. The summed E-state index contributed by atoms with van der Waals surface area (Å²) >= 11 is 0. The fourth-order valence-corrected chi connectivity index (χ4v) is 1.54. The maximum atomic E-state index is 12.8. The number of amides is 1. The number of hydrogen-bond acceptors (Lipinski definition) is 3. The maximum absolute atomic E-state index is 12.8. The summed E-state index contributed by atoms with van der Waals surface area (Å²) < 4.78 is 38.3. The molecule has 0 spiro atoms. The quantitative estimate of drug-likeness (QED) is 0.858. The largest absolute Gasteiger partial charge is 0.415 e. The van der Waals surface area contributed by atoms with E-state index in [1.807, 2.05) is 0 Å². The van der Waals surface area contributed by atoms with E-state index in [0.29, 0.717) is 12.5 Å². The van der Waals surface area contributed by atoms with Gasteiger partial charge in [0, 0.05) is 6.54 Å². The van der Waals surface area contributed by atoms with E-state index in [2.05, 4.69) is 0 Å². The number of nitriles is 1. The first-order valence-electron chi connectivity index (χ1n) is 5.76. The molecule has 2 N–H and O–H groups in total. The molecule has 0 fully saturated rings. The molecule has 0 aliphatic carbocycles. The predicted octanol–water partition coefficient (Wildman–Crippen LogP) is 1.82. The Bertz CT molecular complexity index is 506. The van der Waals surface area contributed by atoms with Crippen LogP contribution in [0, 0.1) is 11.3 Å². The van der Waals surface area contributed by atoms with Gasteiger partial charge in [-0.1, -0.05) is 30.3 Å². The first-order chi connectivity index (χ1) is 9.20. The van der Waals surface area contributed by atoms with Crippen LogP contribution in [0.15, 0.2) is 30.3 Å². The highest BCUT2D eigenvalue weighted by Gasteiger charge is 2.55. The summed E-state index contributed by atoms with van der Waals surface area (Å²) in [6.45, 7) is 0.0391. The average Bonchev–Trinajstić information content (AvgIpc) is 2.37. The topological polar surface area (TPSA) is 70.1 Å². The van der Waals surface area contributed by atoms with Crippen LogP contribution in [0.3, 0.4) is 0 Å². The third kappa shape index (κ3) is 3.48. The Balaban J connectivity index is 2.98. The van der Waals surface area contributed by atoms with Gasteiger partial charge < -0.3 is 10.6 Å². The molecule has 108 valence electrons. The number of hydrogen-bond donors (Lipinski definition) is 1. The van der Waals surface area contributed by atoms with Crippen molar-refractivity contribution in [1.29, 1.82) is 5.26 Å². The van der Waals surface area contributed by atoms with Crippen LogP contribution >= 0.6 is 0 Å². The highest BCUT2D eigenvalue weighted by Crippen LogP contribution is 2.29. The van der Waals surface area contributed by atoms with Crippen molar-refractivity contribution in [2.75, 3.05) is 6.54 Å². The lowest BCUT2D eigenvalue weighted by atomic mass is 10.0. The lowest BCUT2D eigenvalue weighted by Crippen LogP contribution is -2.62. The number of nitrogens with zero attached hydrogens (tertiary/aromatic N) is 2. The van der Waals surface area contributed by atoms with Crippen molar-refractivity contribution < 1.29 is 18.0 Å². The number of halogens is 3. The van der Waals surface area contributed by atoms with Crippen molar-refractivity contribution in [3.8, 4) is 6.07 Å². The summed E-state index contributed by atoms with van der Waals surface area (Å²) in [7, 11) is 0. The molecule has 0 aliphatic rings. The van der Waals surface area contributed by atoms with E-state index >= 15 is 0 Å². The van der Waals surface area contributed by atoms with Crippen molar-refractivity contribution in [1.82, 2.24) is 4.90 Å². The van der Waals surface area contributed by atoms with E-state index in [9.17, 15) is 18.0 Å². The van der Waals surface area contributed by atoms with E-state index in [-0.39, 0.29) is 6.54 Å². The lowest BCUT2D eigenvalue weighted by molar-refractivity contribution is -0.193. The molecule has 7 heteroatoms. The van der Waals surface area contributed by atoms with Crippen molar-refractivity contribution in [3.63, 3.8) is 0 Å². The molecule has 20 heavy (non-hydrogen) atoms. The Kier molecular flexibility index (Phi) is 4.73. The van der Waals surface area contributed by atoms with Gasteiger partial charge in [-0.15, -0.1) is 0 Å². The second-order valence-electron chi connectivity index (χ2n) is 4.51. The molecular formula is C13H14F3N3O. The Morgan fingerprint density at radius 2 is 1.90 bits per heavy atom. The van der Waals surface area contributed by atoms with Crippen molar-refractivity contribution in [2.24, 2.45) is 5.73 Å². The molecule has 1 unspecified atom stereocenters. The van der Waals surface area contributed by atoms with Crippen molar-refractivity contribution in [3.05, 3.63) is 35.9 Å². The van der Waals surface area contributed by atoms with Crippen LogP contribution < -0.4 is 5.73 Å². The van der Waals surface area contributed by atoms with E-state index in [1.165, 1.54) is 0 Å². The van der Waals surface area contributed by atoms with E-state index < -0.39 is 24.2 Å². The molecule has 1 rings (SSSR count). The Morgan fingerprint density at radius 1 is 1.35 bits per heavy atom. The van der Waals surface area contributed by atoms with Gasteiger partial charge in [0.15, 0.2) is 5.54 Å². The number of alkyl halides is 3. The lowest BCUT2D eigenvalue weighted by Gasteiger charge is -2.31. The maximum Gasteiger partial charge on any atom is 0.415 e. The van der Waals surface area contributed by atoms with Gasteiger partial charge in [0.2, 0.25) is 0 Å². The Hall–Kier alpha value is -2.07. The number of rotatable bonds is 4. The average molecular weight is 285 g/mol. The molecule has 0 radical (unpaired) electrons. The number of benzene rings is 1. The van der Waals surface area contributed by atoms with E-state index in [1.54, 1.807) is 36.4 Å². The fourth-order valence-electron chi connectivity index (χ4n) is 1.54. The number of carbonyl (C=O) groups is 1. The third-order valence-electron chi connectivity index (χ3n) is 2.80. The van der Waals surface area contributed by atoms with Crippen LogP contribution in [-0.4, -0.2) is 29.1 Å². The highest BCUT2D eigenvalue weighted by atomic mass is 19.4. The standard InChI is InChI=1S/C13H14F3N3O/c1-12(18,13(14,15)16)11(20)19(8-7-17)9-10-5-3-2-4-6-10/h2-6H,8-9,18H2,1H3. The van der Waals surface area contributed by atoms with Gasteiger partial charge in [0.1, 0.15) is 6.54 Å². The van der Waals surface area contributed by atoms with Gasteiger partial charge in [-0.25, -0.2) is 0 Å². The summed E-state index contributed by atoms with van der Waals surface area (Å²) in [5.41, 5.74) is 2.70. The van der Waals surface area contributed by atoms with Gasteiger partial charge in [-0.3, -0.25) is 4.79 Å². The van der Waals surface area contributed by atoms with Gasteiger partial charge in [-0.05, 0) is 12.5 Å².